The first kappa shape index (κ1) is 15.1. The normalized spacial score (nSPS) is 25.3. The average molecular weight is 279 g/mol. The fourth-order valence-electron chi connectivity index (χ4n) is 2.56. The molecule has 1 aliphatic heterocycles. The molecule has 2 fully saturated rings. The van der Waals surface area contributed by atoms with Crippen molar-refractivity contribution in [1.29, 1.82) is 0 Å². The largest absolute Gasteiger partial charge is 0.355 e. The third-order valence-electron chi connectivity index (χ3n) is 3.61. The van der Waals surface area contributed by atoms with Crippen molar-refractivity contribution in [2.24, 2.45) is 5.92 Å². The predicted molar refractivity (Wildman–Crippen MR) is 75.7 cm³/mol. The number of hydrogen-bond donors (Lipinski definition) is 2. The monoisotopic (exact) mass is 278 g/mol. The van der Waals surface area contributed by atoms with Gasteiger partial charge in [0, 0.05) is 18.2 Å². The summed E-state index contributed by atoms with van der Waals surface area (Å²) in [6, 6.07) is 0.0522. The fraction of sp³-hybridized carbons (Fsp3) is 0.917. The number of thioether (sulfide) groups is 1. The Morgan fingerprint density at radius 2 is 2.06 bits per heavy atom. The van der Waals surface area contributed by atoms with Gasteiger partial charge in [-0.2, -0.15) is 0 Å². The van der Waals surface area contributed by atoms with Crippen molar-refractivity contribution in [3.05, 3.63) is 0 Å². The molecule has 1 unspecified atom stereocenters. The van der Waals surface area contributed by atoms with Gasteiger partial charge < -0.3 is 5.32 Å². The van der Waals surface area contributed by atoms with E-state index in [4.69, 9.17) is 0 Å². The lowest BCUT2D eigenvalue weighted by molar-refractivity contribution is -0.122. The van der Waals surface area contributed by atoms with E-state index >= 15 is 0 Å². The first-order chi connectivity index (χ1) is 7.86. The average Bonchev–Trinajstić information content (AvgIpc) is 2.84. The molecule has 2 aliphatic rings. The Kier molecular flexibility index (Phi) is 7.32. The maximum Gasteiger partial charge on any atom is 0.238 e. The van der Waals surface area contributed by atoms with Crippen LogP contribution in [-0.4, -0.2) is 30.1 Å². The molecule has 1 saturated heterocycles. The summed E-state index contributed by atoms with van der Waals surface area (Å²) in [5.74, 6) is 2.90. The minimum absolute atomic E-state index is 0. The minimum atomic E-state index is 0. The second-order valence-electron chi connectivity index (χ2n) is 4.86. The third-order valence-corrected chi connectivity index (χ3v) is 4.55. The molecule has 0 aromatic carbocycles. The molecule has 3 nitrogen and oxygen atoms in total. The second kappa shape index (κ2) is 8.22. The zero-order valence-electron chi connectivity index (χ0n) is 10.2. The summed E-state index contributed by atoms with van der Waals surface area (Å²) in [5.41, 5.74) is 0. The molecular weight excluding hydrogens is 256 g/mol. The Morgan fingerprint density at radius 3 is 2.71 bits per heavy atom. The predicted octanol–water partition coefficient (Wildman–Crippen LogP) is 2.16. The van der Waals surface area contributed by atoms with Crippen molar-refractivity contribution in [3.63, 3.8) is 0 Å². The Bertz CT molecular complexity index is 229. The zero-order chi connectivity index (χ0) is 11.2. The first-order valence-electron chi connectivity index (χ1n) is 6.45. The van der Waals surface area contributed by atoms with Crippen molar-refractivity contribution in [3.8, 4) is 0 Å². The van der Waals surface area contributed by atoms with Gasteiger partial charge in [-0.05, 0) is 12.3 Å². The molecule has 2 rings (SSSR count). The van der Waals surface area contributed by atoms with E-state index in [1.807, 2.05) is 0 Å². The molecule has 1 heterocycles. The zero-order valence-corrected chi connectivity index (χ0v) is 11.9. The van der Waals surface area contributed by atoms with Crippen LogP contribution in [0, 0.1) is 5.92 Å². The van der Waals surface area contributed by atoms with Gasteiger partial charge in [0.05, 0.1) is 6.04 Å². The van der Waals surface area contributed by atoms with Crippen LogP contribution in [0.3, 0.4) is 0 Å². The highest BCUT2D eigenvalue weighted by atomic mass is 35.5. The van der Waals surface area contributed by atoms with E-state index < -0.39 is 0 Å². The van der Waals surface area contributed by atoms with Gasteiger partial charge >= 0.3 is 0 Å². The molecule has 0 radical (unpaired) electrons. The fourth-order valence-corrected chi connectivity index (χ4v) is 3.50. The van der Waals surface area contributed by atoms with Gasteiger partial charge in [0.2, 0.25) is 5.91 Å². The molecule has 1 amide bonds. The number of amides is 1. The molecule has 100 valence electrons. The number of halogens is 1. The first-order valence-corrected chi connectivity index (χ1v) is 7.60. The summed E-state index contributed by atoms with van der Waals surface area (Å²) < 4.78 is 0. The molecule has 1 aliphatic carbocycles. The van der Waals surface area contributed by atoms with Crippen molar-refractivity contribution in [2.75, 3.05) is 18.2 Å². The van der Waals surface area contributed by atoms with Crippen molar-refractivity contribution < 1.29 is 4.79 Å². The van der Waals surface area contributed by atoms with E-state index in [-0.39, 0.29) is 24.4 Å². The van der Waals surface area contributed by atoms with Gasteiger partial charge in [-0.3, -0.25) is 10.1 Å². The summed E-state index contributed by atoms with van der Waals surface area (Å²) >= 11 is 1.80. The number of nitrogens with one attached hydrogen (secondary N) is 2. The molecule has 0 spiro atoms. The molecule has 17 heavy (non-hydrogen) atoms. The molecule has 2 N–H and O–H groups in total. The molecule has 1 atom stereocenters. The third kappa shape index (κ3) is 5.06. The highest BCUT2D eigenvalue weighted by molar-refractivity contribution is 7.99. The van der Waals surface area contributed by atoms with E-state index in [0.717, 1.165) is 24.1 Å². The Balaban J connectivity index is 0.00000144. The highest BCUT2D eigenvalue weighted by Crippen LogP contribution is 2.25. The van der Waals surface area contributed by atoms with Crippen LogP contribution in [0.1, 0.15) is 38.5 Å². The molecule has 0 bridgehead atoms. The van der Waals surface area contributed by atoms with Gasteiger partial charge in [0.15, 0.2) is 0 Å². The Labute approximate surface area is 114 Å². The van der Waals surface area contributed by atoms with Gasteiger partial charge in [0.1, 0.15) is 0 Å². The minimum Gasteiger partial charge on any atom is -0.355 e. The van der Waals surface area contributed by atoms with Crippen LogP contribution in [0.25, 0.3) is 0 Å². The highest BCUT2D eigenvalue weighted by Gasteiger charge is 2.22. The molecule has 5 heteroatoms. The molecular formula is C12H23ClN2OS. The summed E-state index contributed by atoms with van der Waals surface area (Å²) in [6.45, 7) is 0.867. The lowest BCUT2D eigenvalue weighted by atomic mass is 9.87. The van der Waals surface area contributed by atoms with Crippen LogP contribution in [-0.2, 0) is 4.79 Å². The van der Waals surface area contributed by atoms with Crippen molar-refractivity contribution in [2.45, 2.75) is 44.6 Å². The SMILES string of the molecule is Cl.O=C(NCCC1CCCCC1)C1CSCN1. The van der Waals surface area contributed by atoms with Crippen LogP contribution < -0.4 is 10.6 Å². The van der Waals surface area contributed by atoms with Gasteiger partial charge in [0.25, 0.3) is 0 Å². The number of carbonyl (C=O) groups is 1. The number of rotatable bonds is 4. The van der Waals surface area contributed by atoms with Crippen LogP contribution in [0.15, 0.2) is 0 Å². The summed E-state index contributed by atoms with van der Waals surface area (Å²) in [6.07, 6.45) is 8.09. The number of carbonyl (C=O) groups excluding carboxylic acids is 1. The summed E-state index contributed by atoms with van der Waals surface area (Å²) in [5, 5.41) is 6.25. The van der Waals surface area contributed by atoms with E-state index in [1.165, 1.54) is 38.5 Å². The van der Waals surface area contributed by atoms with Gasteiger partial charge in [-0.25, -0.2) is 0 Å². The number of hydrogen-bond acceptors (Lipinski definition) is 3. The summed E-state index contributed by atoms with van der Waals surface area (Å²) in [4.78, 5) is 11.7. The van der Waals surface area contributed by atoms with Crippen molar-refractivity contribution >= 4 is 30.1 Å². The van der Waals surface area contributed by atoms with E-state index in [9.17, 15) is 4.79 Å². The standard InChI is InChI=1S/C12H22N2OS.ClH/c15-12(11-8-16-9-14-11)13-7-6-10-4-2-1-3-5-10;/h10-11,14H,1-9H2,(H,13,15);1H. The molecule has 1 saturated carbocycles. The second-order valence-corrected chi connectivity index (χ2v) is 5.89. The van der Waals surface area contributed by atoms with Crippen molar-refractivity contribution in [1.82, 2.24) is 10.6 Å². The van der Waals surface area contributed by atoms with Gasteiger partial charge in [-0.15, -0.1) is 24.2 Å². The smallest absolute Gasteiger partial charge is 0.238 e. The van der Waals surface area contributed by atoms with Crippen LogP contribution >= 0.6 is 24.2 Å². The molecule has 0 aromatic heterocycles. The molecule has 0 aromatic rings. The van der Waals surface area contributed by atoms with E-state index in [0.29, 0.717) is 0 Å². The van der Waals surface area contributed by atoms with Crippen LogP contribution in [0.5, 0.6) is 0 Å². The lowest BCUT2D eigenvalue weighted by Gasteiger charge is -2.21. The quantitative estimate of drug-likeness (QED) is 0.828. The van der Waals surface area contributed by atoms with Crippen LogP contribution in [0.4, 0.5) is 0 Å². The Morgan fingerprint density at radius 1 is 1.29 bits per heavy atom. The van der Waals surface area contributed by atoms with Gasteiger partial charge in [-0.1, -0.05) is 32.1 Å². The summed E-state index contributed by atoms with van der Waals surface area (Å²) in [7, 11) is 0. The lowest BCUT2D eigenvalue weighted by Crippen LogP contribution is -2.42. The van der Waals surface area contributed by atoms with E-state index in [1.54, 1.807) is 11.8 Å². The maximum atomic E-state index is 11.7. The van der Waals surface area contributed by atoms with Crippen LogP contribution in [0.2, 0.25) is 0 Å². The topological polar surface area (TPSA) is 41.1 Å². The maximum absolute atomic E-state index is 11.7. The Hall–Kier alpha value is 0.0700. The van der Waals surface area contributed by atoms with E-state index in [2.05, 4.69) is 10.6 Å².